The number of aromatic nitrogens is 1. The summed E-state index contributed by atoms with van der Waals surface area (Å²) < 4.78 is 10.6. The lowest BCUT2D eigenvalue weighted by molar-refractivity contribution is 0.0291. The maximum Gasteiger partial charge on any atom is 0.410 e. The molecule has 2 heterocycles. The van der Waals surface area contributed by atoms with Crippen LogP contribution in [0.3, 0.4) is 0 Å². The van der Waals surface area contributed by atoms with Crippen molar-refractivity contribution < 1.29 is 23.8 Å². The molecular weight excluding hydrogens is 276 g/mol. The number of rotatable bonds is 2. The zero-order chi connectivity index (χ0) is 15.8. The van der Waals surface area contributed by atoms with Gasteiger partial charge in [-0.2, -0.15) is 0 Å². The van der Waals surface area contributed by atoms with Gasteiger partial charge in [-0.25, -0.2) is 14.6 Å². The molecule has 1 aromatic heterocycles. The van der Waals surface area contributed by atoms with Crippen LogP contribution in [0, 0.1) is 6.92 Å². The van der Waals surface area contributed by atoms with Gasteiger partial charge in [-0.05, 0) is 34.1 Å². The number of likely N-dealkylation sites (tertiary alicyclic amines) is 1. The van der Waals surface area contributed by atoms with Crippen LogP contribution in [-0.4, -0.2) is 45.7 Å². The fraction of sp³-hybridized carbons (Fsp3) is 0.643. The molecule has 1 fully saturated rings. The molecule has 0 bridgehead atoms. The molecule has 1 saturated heterocycles. The van der Waals surface area contributed by atoms with Crippen molar-refractivity contribution in [1.29, 1.82) is 0 Å². The maximum absolute atomic E-state index is 12.0. The van der Waals surface area contributed by atoms with Crippen LogP contribution in [0.25, 0.3) is 0 Å². The van der Waals surface area contributed by atoms with E-state index in [0.29, 0.717) is 31.1 Å². The number of amides is 1. The van der Waals surface area contributed by atoms with Gasteiger partial charge in [0.15, 0.2) is 0 Å². The second kappa shape index (κ2) is 5.38. The molecule has 0 aliphatic carbocycles. The van der Waals surface area contributed by atoms with Gasteiger partial charge in [0.05, 0.1) is 11.6 Å². The fourth-order valence-corrected chi connectivity index (χ4v) is 2.24. The molecule has 0 radical (unpaired) electrons. The smallest absolute Gasteiger partial charge is 0.410 e. The Morgan fingerprint density at radius 3 is 2.62 bits per heavy atom. The number of carbonyl (C=O) groups is 2. The summed E-state index contributed by atoms with van der Waals surface area (Å²) in [6.45, 7) is 8.01. The standard InChI is InChI=1S/C14H20N2O5/c1-8-10(12(17)18)20-11(15-8)9-5-6-16(7-9)13(19)21-14(2,3)4/h9H,5-7H2,1-4H3,(H,17,18)/t9-/m1/s1. The van der Waals surface area contributed by atoms with Crippen LogP contribution in [0.1, 0.15) is 55.2 Å². The Bertz CT molecular complexity index is 558. The summed E-state index contributed by atoms with van der Waals surface area (Å²) in [7, 11) is 0. The van der Waals surface area contributed by atoms with E-state index in [9.17, 15) is 9.59 Å². The minimum absolute atomic E-state index is 0.0932. The van der Waals surface area contributed by atoms with E-state index in [1.54, 1.807) is 11.8 Å². The maximum atomic E-state index is 12.0. The molecule has 1 amide bonds. The Hall–Kier alpha value is -2.05. The van der Waals surface area contributed by atoms with E-state index in [-0.39, 0.29) is 17.8 Å². The zero-order valence-corrected chi connectivity index (χ0v) is 12.7. The molecule has 0 aromatic carbocycles. The lowest BCUT2D eigenvalue weighted by atomic mass is 10.1. The van der Waals surface area contributed by atoms with Gasteiger partial charge in [-0.15, -0.1) is 0 Å². The molecule has 0 saturated carbocycles. The number of carboxylic acid groups (broad SMARTS) is 1. The lowest BCUT2D eigenvalue weighted by Gasteiger charge is -2.24. The summed E-state index contributed by atoms with van der Waals surface area (Å²) in [6, 6.07) is 0. The Balaban J connectivity index is 2.04. The van der Waals surface area contributed by atoms with Crippen molar-refractivity contribution in [2.45, 2.75) is 45.6 Å². The van der Waals surface area contributed by atoms with E-state index in [2.05, 4.69) is 4.98 Å². The van der Waals surface area contributed by atoms with Gasteiger partial charge < -0.3 is 19.2 Å². The number of carbonyl (C=O) groups excluding carboxylic acids is 1. The van der Waals surface area contributed by atoms with Crippen molar-refractivity contribution in [2.24, 2.45) is 0 Å². The van der Waals surface area contributed by atoms with Crippen LogP contribution < -0.4 is 0 Å². The summed E-state index contributed by atoms with van der Waals surface area (Å²) in [5.74, 6) is -0.991. The summed E-state index contributed by atoms with van der Waals surface area (Å²) in [5, 5.41) is 8.97. The van der Waals surface area contributed by atoms with E-state index in [1.807, 2.05) is 20.8 Å². The quantitative estimate of drug-likeness (QED) is 0.900. The minimum atomic E-state index is -1.13. The molecule has 0 spiro atoms. The van der Waals surface area contributed by atoms with Crippen molar-refractivity contribution in [2.75, 3.05) is 13.1 Å². The molecule has 0 unspecified atom stereocenters. The van der Waals surface area contributed by atoms with Crippen LogP contribution in [-0.2, 0) is 4.74 Å². The van der Waals surface area contributed by atoms with Crippen molar-refractivity contribution in [3.05, 3.63) is 17.3 Å². The SMILES string of the molecule is Cc1nc([C@@H]2CCN(C(=O)OC(C)(C)C)C2)oc1C(=O)O. The molecule has 116 valence electrons. The molecule has 1 aromatic rings. The first-order valence-electron chi connectivity index (χ1n) is 6.86. The summed E-state index contributed by atoms with van der Waals surface area (Å²) in [6.07, 6.45) is 0.310. The first-order valence-corrected chi connectivity index (χ1v) is 6.86. The highest BCUT2D eigenvalue weighted by Crippen LogP contribution is 2.29. The zero-order valence-electron chi connectivity index (χ0n) is 12.7. The lowest BCUT2D eigenvalue weighted by Crippen LogP contribution is -2.35. The number of hydrogen-bond donors (Lipinski definition) is 1. The van der Waals surface area contributed by atoms with Gasteiger partial charge in [0.2, 0.25) is 11.7 Å². The number of aromatic carboxylic acids is 1. The predicted molar refractivity (Wildman–Crippen MR) is 73.4 cm³/mol. The monoisotopic (exact) mass is 296 g/mol. The van der Waals surface area contributed by atoms with Crippen LogP contribution in [0.15, 0.2) is 4.42 Å². The second-order valence-electron chi connectivity index (χ2n) is 6.18. The molecule has 7 nitrogen and oxygen atoms in total. The Morgan fingerprint density at radius 1 is 1.43 bits per heavy atom. The van der Waals surface area contributed by atoms with Gasteiger partial charge in [0.1, 0.15) is 5.60 Å². The van der Waals surface area contributed by atoms with E-state index in [0.717, 1.165) is 0 Å². The van der Waals surface area contributed by atoms with E-state index in [1.165, 1.54) is 0 Å². The Morgan fingerprint density at radius 2 is 2.10 bits per heavy atom. The second-order valence-corrected chi connectivity index (χ2v) is 6.18. The molecule has 7 heteroatoms. The Labute approximate surface area is 122 Å². The highest BCUT2D eigenvalue weighted by molar-refractivity contribution is 5.85. The number of carboxylic acids is 1. The third kappa shape index (κ3) is 3.53. The van der Waals surface area contributed by atoms with Crippen LogP contribution in [0.5, 0.6) is 0 Å². The third-order valence-electron chi connectivity index (χ3n) is 3.20. The average molecular weight is 296 g/mol. The molecule has 1 N–H and O–H groups in total. The molecule has 2 rings (SSSR count). The number of aryl methyl sites for hydroxylation is 1. The minimum Gasteiger partial charge on any atom is -0.475 e. The largest absolute Gasteiger partial charge is 0.475 e. The van der Waals surface area contributed by atoms with Gasteiger partial charge in [0.25, 0.3) is 0 Å². The van der Waals surface area contributed by atoms with Crippen LogP contribution in [0.4, 0.5) is 4.79 Å². The number of nitrogens with zero attached hydrogens (tertiary/aromatic N) is 2. The molecule has 21 heavy (non-hydrogen) atoms. The van der Waals surface area contributed by atoms with Gasteiger partial charge in [0, 0.05) is 13.1 Å². The average Bonchev–Trinajstić information content (AvgIpc) is 2.92. The normalized spacial score (nSPS) is 18.9. The Kier molecular flexibility index (Phi) is 3.93. The first kappa shape index (κ1) is 15.3. The molecular formula is C14H20N2O5. The van der Waals surface area contributed by atoms with Gasteiger partial charge in [-0.1, -0.05) is 0 Å². The van der Waals surface area contributed by atoms with Crippen molar-refractivity contribution in [3.63, 3.8) is 0 Å². The molecule has 1 aliphatic rings. The highest BCUT2D eigenvalue weighted by atomic mass is 16.6. The number of hydrogen-bond acceptors (Lipinski definition) is 5. The molecule has 1 aliphatic heterocycles. The van der Waals surface area contributed by atoms with E-state index < -0.39 is 11.6 Å². The van der Waals surface area contributed by atoms with Gasteiger partial charge >= 0.3 is 12.1 Å². The van der Waals surface area contributed by atoms with Crippen molar-refractivity contribution >= 4 is 12.1 Å². The van der Waals surface area contributed by atoms with Crippen LogP contribution in [0.2, 0.25) is 0 Å². The highest BCUT2D eigenvalue weighted by Gasteiger charge is 2.33. The van der Waals surface area contributed by atoms with Crippen LogP contribution >= 0.6 is 0 Å². The summed E-state index contributed by atoms with van der Waals surface area (Å²) in [4.78, 5) is 28.7. The third-order valence-corrected chi connectivity index (χ3v) is 3.20. The summed E-state index contributed by atoms with van der Waals surface area (Å²) >= 11 is 0. The van der Waals surface area contributed by atoms with E-state index >= 15 is 0 Å². The topological polar surface area (TPSA) is 92.9 Å². The summed E-state index contributed by atoms with van der Waals surface area (Å²) in [5.41, 5.74) is -0.182. The first-order chi connectivity index (χ1) is 9.67. The van der Waals surface area contributed by atoms with Gasteiger partial charge in [-0.3, -0.25) is 0 Å². The van der Waals surface area contributed by atoms with Crippen molar-refractivity contribution in [3.8, 4) is 0 Å². The number of oxazole rings is 1. The van der Waals surface area contributed by atoms with E-state index in [4.69, 9.17) is 14.3 Å². The molecule has 1 atom stereocenters. The predicted octanol–water partition coefficient (Wildman–Crippen LogP) is 2.41. The fourth-order valence-electron chi connectivity index (χ4n) is 2.24. The number of ether oxygens (including phenoxy) is 1. The van der Waals surface area contributed by atoms with Crippen molar-refractivity contribution in [1.82, 2.24) is 9.88 Å².